The molecule has 0 unspecified atom stereocenters. The van der Waals surface area contributed by atoms with E-state index < -0.39 is 17.7 Å². The molecule has 192 valence electrons. The van der Waals surface area contributed by atoms with Gasteiger partial charge in [0.1, 0.15) is 17.6 Å². The molecule has 0 saturated carbocycles. The third-order valence-electron chi connectivity index (χ3n) is 6.87. The highest BCUT2D eigenvalue weighted by Gasteiger charge is 2.48. The van der Waals surface area contributed by atoms with Gasteiger partial charge in [-0.15, -0.1) is 0 Å². The second-order valence-corrected chi connectivity index (χ2v) is 10.5. The molecule has 6 rings (SSSR count). The van der Waals surface area contributed by atoms with Gasteiger partial charge in [-0.2, -0.15) is 0 Å². The van der Waals surface area contributed by atoms with Crippen molar-refractivity contribution in [3.63, 3.8) is 0 Å². The summed E-state index contributed by atoms with van der Waals surface area (Å²) in [6, 6.07) is 14.6. The van der Waals surface area contributed by atoms with Crippen molar-refractivity contribution in [2.75, 3.05) is 12.0 Å². The number of benzene rings is 3. The van der Waals surface area contributed by atoms with Gasteiger partial charge in [-0.05, 0) is 73.0 Å². The van der Waals surface area contributed by atoms with Gasteiger partial charge in [-0.25, -0.2) is 4.98 Å². The van der Waals surface area contributed by atoms with Crippen molar-refractivity contribution in [2.45, 2.75) is 32.4 Å². The molecule has 0 bridgehead atoms. The van der Waals surface area contributed by atoms with Crippen LogP contribution in [-0.2, 0) is 16.0 Å². The molecule has 1 aromatic heterocycles. The Labute approximate surface area is 222 Å². The molecule has 2 aliphatic rings. The number of phenolic OH excluding ortho intramolecular Hbond substituents is 1. The molecule has 0 aliphatic carbocycles. The number of aromatic nitrogens is 1. The molecular formula is C29H24N2O6S. The molecule has 0 radical (unpaired) electrons. The van der Waals surface area contributed by atoms with Gasteiger partial charge in [0.25, 0.3) is 5.78 Å². The lowest BCUT2D eigenvalue weighted by atomic mass is 9.94. The number of hydrogen-bond donors (Lipinski definition) is 2. The standard InChI is InChI=1S/C29H24N2O6S/c1-14-4-7-19-23(10-14)38-29(30-19)31-25(16-5-8-20(32)22(13-16)36-3)24(27(34)28(31)35)26(33)17-6-9-21-18(12-17)11-15(2)37-21/h4-10,12-13,15,25,32-33H,11H2,1-3H3/b26-24+/t15-,25+/m0/s1. The molecule has 2 atom stereocenters. The first-order chi connectivity index (χ1) is 18.2. The monoisotopic (exact) mass is 528 g/mol. The van der Waals surface area contributed by atoms with Crippen molar-refractivity contribution in [3.05, 3.63) is 82.4 Å². The summed E-state index contributed by atoms with van der Waals surface area (Å²) in [6.07, 6.45) is 0.689. The summed E-state index contributed by atoms with van der Waals surface area (Å²) in [6.45, 7) is 3.93. The van der Waals surface area contributed by atoms with Crippen molar-refractivity contribution >= 4 is 44.1 Å². The average molecular weight is 529 g/mol. The average Bonchev–Trinajstić information content (AvgIpc) is 3.56. The number of Topliss-reactive ketones (excluding diaryl/α,β-unsaturated/α-hetero) is 1. The van der Waals surface area contributed by atoms with E-state index in [1.165, 1.54) is 29.4 Å². The van der Waals surface area contributed by atoms with Crippen LogP contribution in [0.25, 0.3) is 16.0 Å². The first kappa shape index (κ1) is 24.0. The predicted molar refractivity (Wildman–Crippen MR) is 144 cm³/mol. The van der Waals surface area contributed by atoms with Gasteiger partial charge in [0.05, 0.1) is 28.9 Å². The molecule has 1 saturated heterocycles. The molecule has 4 aromatic rings. The van der Waals surface area contributed by atoms with Crippen LogP contribution in [-0.4, -0.2) is 40.1 Å². The van der Waals surface area contributed by atoms with Crippen LogP contribution in [0, 0.1) is 6.92 Å². The number of anilines is 1. The highest BCUT2D eigenvalue weighted by atomic mass is 32.1. The molecule has 38 heavy (non-hydrogen) atoms. The number of thiazole rings is 1. The van der Waals surface area contributed by atoms with Crippen molar-refractivity contribution in [1.82, 2.24) is 4.98 Å². The van der Waals surface area contributed by atoms with Crippen LogP contribution in [0.5, 0.6) is 17.2 Å². The first-order valence-corrected chi connectivity index (χ1v) is 12.9. The Morgan fingerprint density at radius 1 is 1.13 bits per heavy atom. The zero-order valence-electron chi connectivity index (χ0n) is 20.9. The van der Waals surface area contributed by atoms with E-state index in [1.54, 1.807) is 30.3 Å². The van der Waals surface area contributed by atoms with Crippen LogP contribution in [0.1, 0.15) is 35.2 Å². The van der Waals surface area contributed by atoms with Gasteiger partial charge in [0.2, 0.25) is 0 Å². The zero-order chi connectivity index (χ0) is 26.7. The minimum atomic E-state index is -0.991. The number of nitrogens with zero attached hydrogens (tertiary/aromatic N) is 2. The van der Waals surface area contributed by atoms with E-state index in [9.17, 15) is 19.8 Å². The molecule has 3 aromatic carbocycles. The van der Waals surface area contributed by atoms with Crippen LogP contribution in [0.15, 0.2) is 60.2 Å². The fourth-order valence-corrected chi connectivity index (χ4v) is 6.15. The van der Waals surface area contributed by atoms with Crippen molar-refractivity contribution in [3.8, 4) is 17.2 Å². The first-order valence-electron chi connectivity index (χ1n) is 12.1. The number of fused-ring (bicyclic) bond motifs is 2. The number of rotatable bonds is 4. The Morgan fingerprint density at radius 2 is 1.95 bits per heavy atom. The summed E-state index contributed by atoms with van der Waals surface area (Å²) in [4.78, 5) is 33.0. The maximum Gasteiger partial charge on any atom is 0.301 e. The summed E-state index contributed by atoms with van der Waals surface area (Å²) < 4.78 is 11.9. The number of methoxy groups -OCH3 is 1. The van der Waals surface area contributed by atoms with Crippen LogP contribution in [0.4, 0.5) is 5.13 Å². The number of hydrogen-bond acceptors (Lipinski definition) is 8. The zero-order valence-corrected chi connectivity index (χ0v) is 21.7. The summed E-state index contributed by atoms with van der Waals surface area (Å²) in [5.41, 5.74) is 3.49. The number of carbonyl (C=O) groups excluding carboxylic acids is 2. The number of amides is 1. The second-order valence-electron chi connectivity index (χ2n) is 9.52. The van der Waals surface area contributed by atoms with Crippen molar-refractivity contribution in [2.24, 2.45) is 0 Å². The predicted octanol–water partition coefficient (Wildman–Crippen LogP) is 5.27. The minimum Gasteiger partial charge on any atom is -0.507 e. The van der Waals surface area contributed by atoms with Gasteiger partial charge < -0.3 is 19.7 Å². The Bertz CT molecular complexity index is 1670. The molecule has 3 heterocycles. The van der Waals surface area contributed by atoms with Crippen LogP contribution in [0.3, 0.4) is 0 Å². The molecule has 0 spiro atoms. The van der Waals surface area contributed by atoms with Gasteiger partial charge >= 0.3 is 5.91 Å². The van der Waals surface area contributed by atoms with E-state index >= 15 is 0 Å². The molecule has 1 amide bonds. The van der Waals surface area contributed by atoms with Crippen LogP contribution < -0.4 is 14.4 Å². The molecule has 1 fully saturated rings. The number of aryl methyl sites for hydroxylation is 1. The molecule has 2 N–H and O–H groups in total. The maximum absolute atomic E-state index is 13.5. The summed E-state index contributed by atoms with van der Waals surface area (Å²) in [7, 11) is 1.42. The van der Waals surface area contributed by atoms with Gasteiger partial charge in [0, 0.05) is 12.0 Å². The topological polar surface area (TPSA) is 109 Å². The largest absolute Gasteiger partial charge is 0.507 e. The number of ketones is 1. The highest BCUT2D eigenvalue weighted by Crippen LogP contribution is 2.46. The minimum absolute atomic E-state index is 0.0140. The molecule has 8 nitrogen and oxygen atoms in total. The Hall–Kier alpha value is -4.37. The third-order valence-corrected chi connectivity index (χ3v) is 7.89. The van der Waals surface area contributed by atoms with Crippen molar-refractivity contribution in [1.29, 1.82) is 0 Å². The van der Waals surface area contributed by atoms with E-state index in [1.807, 2.05) is 32.0 Å². The SMILES string of the molecule is COc1cc([C@@H]2/C(=C(\O)c3ccc4c(c3)C[C@H](C)O4)C(=O)C(=O)N2c2nc3ccc(C)cc3s2)ccc1O. The Morgan fingerprint density at radius 3 is 2.74 bits per heavy atom. The third kappa shape index (κ3) is 3.78. The Kier molecular flexibility index (Phi) is 5.61. The number of aromatic hydroxyl groups is 1. The number of carbonyl (C=O) groups is 2. The van der Waals surface area contributed by atoms with E-state index in [4.69, 9.17) is 9.47 Å². The number of aliphatic hydroxyl groups is 1. The number of aliphatic hydroxyl groups excluding tert-OH is 1. The summed E-state index contributed by atoms with van der Waals surface area (Å²) >= 11 is 1.29. The molecule has 2 aliphatic heterocycles. The van der Waals surface area contributed by atoms with Gasteiger partial charge in [0.15, 0.2) is 16.6 Å². The summed E-state index contributed by atoms with van der Waals surface area (Å²) in [5.74, 6) is -1.08. The second kappa shape index (κ2) is 8.88. The maximum atomic E-state index is 13.5. The number of ether oxygens (including phenoxy) is 2. The van der Waals surface area contributed by atoms with Crippen LogP contribution in [0.2, 0.25) is 0 Å². The lowest BCUT2D eigenvalue weighted by molar-refractivity contribution is -0.132. The Balaban J connectivity index is 1.55. The fourth-order valence-electron chi connectivity index (χ4n) is 5.06. The van der Waals surface area contributed by atoms with E-state index in [-0.39, 0.29) is 28.9 Å². The van der Waals surface area contributed by atoms with E-state index in [0.29, 0.717) is 28.2 Å². The highest BCUT2D eigenvalue weighted by molar-refractivity contribution is 7.22. The van der Waals surface area contributed by atoms with E-state index in [0.717, 1.165) is 21.6 Å². The lowest BCUT2D eigenvalue weighted by Gasteiger charge is -2.23. The van der Waals surface area contributed by atoms with Gasteiger partial charge in [-0.3, -0.25) is 14.5 Å². The normalized spacial score (nSPS) is 20.1. The lowest BCUT2D eigenvalue weighted by Crippen LogP contribution is -2.29. The summed E-state index contributed by atoms with van der Waals surface area (Å²) in [5, 5.41) is 22.0. The van der Waals surface area contributed by atoms with Crippen molar-refractivity contribution < 1.29 is 29.3 Å². The quantitative estimate of drug-likeness (QED) is 0.211. The van der Waals surface area contributed by atoms with Crippen LogP contribution >= 0.6 is 11.3 Å². The molecule has 9 heteroatoms. The van der Waals surface area contributed by atoms with E-state index in [2.05, 4.69) is 4.98 Å². The fraction of sp³-hybridized carbons (Fsp3) is 0.207. The number of phenols is 1. The smallest absolute Gasteiger partial charge is 0.301 e. The van der Waals surface area contributed by atoms with Gasteiger partial charge in [-0.1, -0.05) is 23.5 Å². The molecular weight excluding hydrogens is 504 g/mol.